The van der Waals surface area contributed by atoms with Crippen molar-refractivity contribution in [1.82, 2.24) is 5.32 Å². The molecule has 112 valence electrons. The van der Waals surface area contributed by atoms with E-state index in [0.717, 1.165) is 18.2 Å². The summed E-state index contributed by atoms with van der Waals surface area (Å²) in [6.45, 7) is 6.66. The van der Waals surface area contributed by atoms with Crippen LogP contribution in [0.1, 0.15) is 44.7 Å². The highest BCUT2D eigenvalue weighted by molar-refractivity contribution is 5.61. The lowest BCUT2D eigenvalue weighted by Crippen LogP contribution is -2.33. The molecule has 0 aliphatic heterocycles. The van der Waals surface area contributed by atoms with E-state index in [1.807, 2.05) is 7.05 Å². The van der Waals surface area contributed by atoms with Crippen molar-refractivity contribution in [3.8, 4) is 5.75 Å². The number of nitrogens with one attached hydrogen (secondary N) is 1. The van der Waals surface area contributed by atoms with Crippen molar-refractivity contribution in [1.29, 1.82) is 0 Å². The Labute approximate surface area is 123 Å². The summed E-state index contributed by atoms with van der Waals surface area (Å²) >= 11 is 0. The molecule has 1 saturated carbocycles. The summed E-state index contributed by atoms with van der Waals surface area (Å²) in [6.07, 6.45) is 4.18. The topological polar surface area (TPSA) is 24.5 Å². The Morgan fingerprint density at radius 1 is 1.40 bits per heavy atom. The van der Waals surface area contributed by atoms with Crippen LogP contribution in [-0.2, 0) is 0 Å². The molecule has 1 fully saturated rings. The van der Waals surface area contributed by atoms with Crippen LogP contribution in [0.2, 0.25) is 0 Å². The molecule has 1 aliphatic carbocycles. The standard InChI is InChI=1S/C17H28N2O/c1-5-19(12-14-8-6-9-14)15-10-7-11-16(20-4)17(15)13(2)18-3/h7,10-11,13-14,18H,5-6,8-9,12H2,1-4H3. The molecule has 0 bridgehead atoms. The highest BCUT2D eigenvalue weighted by Gasteiger charge is 2.23. The van der Waals surface area contributed by atoms with Crippen molar-refractivity contribution in [3.05, 3.63) is 23.8 Å². The molecule has 1 aromatic rings. The van der Waals surface area contributed by atoms with E-state index in [-0.39, 0.29) is 6.04 Å². The lowest BCUT2D eigenvalue weighted by Gasteiger charge is -2.35. The van der Waals surface area contributed by atoms with Gasteiger partial charge in [-0.3, -0.25) is 0 Å². The van der Waals surface area contributed by atoms with Gasteiger partial charge in [-0.05, 0) is 51.8 Å². The third-order valence-corrected chi connectivity index (χ3v) is 4.55. The number of hydrogen-bond acceptors (Lipinski definition) is 3. The quantitative estimate of drug-likeness (QED) is 0.823. The Kier molecular flexibility index (Phi) is 5.30. The maximum absolute atomic E-state index is 5.58. The van der Waals surface area contributed by atoms with Crippen LogP contribution in [0, 0.1) is 5.92 Å². The SMILES string of the molecule is CCN(CC1CCC1)c1cccc(OC)c1C(C)NC. The van der Waals surface area contributed by atoms with Gasteiger partial charge in [0, 0.05) is 30.4 Å². The summed E-state index contributed by atoms with van der Waals surface area (Å²) in [5.74, 6) is 1.86. The number of benzene rings is 1. The largest absolute Gasteiger partial charge is 0.496 e. The minimum absolute atomic E-state index is 0.289. The highest BCUT2D eigenvalue weighted by Crippen LogP contribution is 2.36. The summed E-state index contributed by atoms with van der Waals surface area (Å²) in [6, 6.07) is 6.68. The van der Waals surface area contributed by atoms with E-state index in [2.05, 4.69) is 42.3 Å². The van der Waals surface area contributed by atoms with Gasteiger partial charge in [-0.2, -0.15) is 0 Å². The Morgan fingerprint density at radius 2 is 2.15 bits per heavy atom. The number of methoxy groups -OCH3 is 1. The van der Waals surface area contributed by atoms with Crippen LogP contribution < -0.4 is 15.0 Å². The summed E-state index contributed by atoms with van der Waals surface area (Å²) in [5.41, 5.74) is 2.60. The maximum atomic E-state index is 5.58. The van der Waals surface area contributed by atoms with E-state index >= 15 is 0 Å². The van der Waals surface area contributed by atoms with Crippen LogP contribution in [0.3, 0.4) is 0 Å². The number of anilines is 1. The first kappa shape index (κ1) is 15.2. The van der Waals surface area contributed by atoms with Crippen LogP contribution in [0.5, 0.6) is 5.75 Å². The fraction of sp³-hybridized carbons (Fsp3) is 0.647. The van der Waals surface area contributed by atoms with Gasteiger partial charge in [0.25, 0.3) is 0 Å². The van der Waals surface area contributed by atoms with Gasteiger partial charge in [-0.15, -0.1) is 0 Å². The lowest BCUT2D eigenvalue weighted by atomic mass is 9.85. The van der Waals surface area contributed by atoms with Gasteiger partial charge in [0.05, 0.1) is 7.11 Å². The average Bonchev–Trinajstić information content (AvgIpc) is 2.44. The van der Waals surface area contributed by atoms with Crippen LogP contribution in [0.25, 0.3) is 0 Å². The molecule has 2 rings (SSSR count). The van der Waals surface area contributed by atoms with E-state index in [9.17, 15) is 0 Å². The van der Waals surface area contributed by atoms with Gasteiger partial charge < -0.3 is 15.0 Å². The zero-order chi connectivity index (χ0) is 14.5. The first-order valence-electron chi connectivity index (χ1n) is 7.80. The minimum Gasteiger partial charge on any atom is -0.496 e. The smallest absolute Gasteiger partial charge is 0.125 e. The maximum Gasteiger partial charge on any atom is 0.125 e. The van der Waals surface area contributed by atoms with Gasteiger partial charge >= 0.3 is 0 Å². The molecule has 0 spiro atoms. The molecule has 0 saturated heterocycles. The van der Waals surface area contributed by atoms with Gasteiger partial charge in [0.15, 0.2) is 0 Å². The number of nitrogens with zero attached hydrogens (tertiary/aromatic N) is 1. The molecule has 1 N–H and O–H groups in total. The Bertz CT molecular complexity index is 429. The molecule has 20 heavy (non-hydrogen) atoms. The normalized spacial score (nSPS) is 16.6. The minimum atomic E-state index is 0.289. The number of rotatable bonds is 7. The second kappa shape index (κ2) is 6.98. The van der Waals surface area contributed by atoms with Crippen molar-refractivity contribution in [2.75, 3.05) is 32.1 Å². The summed E-state index contributed by atoms with van der Waals surface area (Å²) in [7, 11) is 3.76. The van der Waals surface area contributed by atoms with Gasteiger partial charge in [0.2, 0.25) is 0 Å². The molecule has 0 amide bonds. The summed E-state index contributed by atoms with van der Waals surface area (Å²) < 4.78 is 5.58. The monoisotopic (exact) mass is 276 g/mol. The van der Waals surface area contributed by atoms with Crippen LogP contribution in [0.15, 0.2) is 18.2 Å². The summed E-state index contributed by atoms with van der Waals surface area (Å²) in [4.78, 5) is 2.51. The van der Waals surface area contributed by atoms with E-state index < -0.39 is 0 Å². The number of hydrogen-bond donors (Lipinski definition) is 1. The zero-order valence-electron chi connectivity index (χ0n) is 13.3. The van der Waals surface area contributed by atoms with E-state index in [1.54, 1.807) is 7.11 Å². The molecule has 1 unspecified atom stereocenters. The van der Waals surface area contributed by atoms with Crippen molar-refractivity contribution in [2.45, 2.75) is 39.2 Å². The zero-order valence-corrected chi connectivity index (χ0v) is 13.3. The molecule has 1 aromatic carbocycles. The molecular weight excluding hydrogens is 248 g/mol. The Balaban J connectivity index is 2.31. The van der Waals surface area contributed by atoms with Crippen molar-refractivity contribution < 1.29 is 4.74 Å². The van der Waals surface area contributed by atoms with Crippen molar-refractivity contribution in [2.24, 2.45) is 5.92 Å². The third kappa shape index (κ3) is 3.09. The predicted molar refractivity (Wildman–Crippen MR) is 85.7 cm³/mol. The molecule has 0 aromatic heterocycles. The lowest BCUT2D eigenvalue weighted by molar-refractivity contribution is 0.318. The Hall–Kier alpha value is -1.22. The van der Waals surface area contributed by atoms with Crippen LogP contribution in [-0.4, -0.2) is 27.2 Å². The van der Waals surface area contributed by atoms with Crippen molar-refractivity contribution in [3.63, 3.8) is 0 Å². The Morgan fingerprint density at radius 3 is 2.65 bits per heavy atom. The van der Waals surface area contributed by atoms with Crippen molar-refractivity contribution >= 4 is 5.69 Å². The van der Waals surface area contributed by atoms with E-state index in [0.29, 0.717) is 0 Å². The fourth-order valence-corrected chi connectivity index (χ4v) is 2.95. The van der Waals surface area contributed by atoms with E-state index in [1.165, 1.54) is 37.1 Å². The predicted octanol–water partition coefficient (Wildman–Crippen LogP) is 3.60. The van der Waals surface area contributed by atoms with Crippen LogP contribution in [0.4, 0.5) is 5.69 Å². The molecular formula is C17H28N2O. The first-order chi connectivity index (χ1) is 9.71. The third-order valence-electron chi connectivity index (χ3n) is 4.55. The first-order valence-corrected chi connectivity index (χ1v) is 7.80. The molecule has 0 heterocycles. The second-order valence-electron chi connectivity index (χ2n) is 5.74. The molecule has 1 aliphatic rings. The van der Waals surface area contributed by atoms with Crippen LogP contribution >= 0.6 is 0 Å². The molecule has 3 nitrogen and oxygen atoms in total. The average molecular weight is 276 g/mol. The molecule has 0 radical (unpaired) electrons. The van der Waals surface area contributed by atoms with Gasteiger partial charge in [0.1, 0.15) is 5.75 Å². The van der Waals surface area contributed by atoms with Gasteiger partial charge in [-0.1, -0.05) is 12.5 Å². The molecule has 1 atom stereocenters. The fourth-order valence-electron chi connectivity index (χ4n) is 2.95. The second-order valence-corrected chi connectivity index (χ2v) is 5.74. The molecule has 3 heteroatoms. The number of ether oxygens (including phenoxy) is 1. The van der Waals surface area contributed by atoms with Gasteiger partial charge in [-0.25, -0.2) is 0 Å². The summed E-state index contributed by atoms with van der Waals surface area (Å²) in [5, 5.41) is 3.35. The highest BCUT2D eigenvalue weighted by atomic mass is 16.5. The van der Waals surface area contributed by atoms with E-state index in [4.69, 9.17) is 4.74 Å².